The molecule has 208 valence electrons. The molecule has 2 amide bonds. The van der Waals surface area contributed by atoms with Gasteiger partial charge in [-0.3, -0.25) is 9.59 Å². The van der Waals surface area contributed by atoms with Crippen molar-refractivity contribution in [2.45, 2.75) is 19.1 Å². The van der Waals surface area contributed by atoms with E-state index in [1.165, 1.54) is 12.0 Å². The Bertz CT molecular complexity index is 1300. The number of ether oxygens (including phenoxy) is 2. The van der Waals surface area contributed by atoms with E-state index in [-0.39, 0.29) is 19.6 Å². The zero-order valence-electron chi connectivity index (χ0n) is 22.4. The van der Waals surface area contributed by atoms with Crippen molar-refractivity contribution in [1.82, 2.24) is 14.5 Å². The van der Waals surface area contributed by atoms with E-state index in [4.69, 9.17) is 9.47 Å². The predicted octanol–water partition coefficient (Wildman–Crippen LogP) is 2.99. The van der Waals surface area contributed by atoms with Gasteiger partial charge in [0.15, 0.2) is 0 Å². The zero-order valence-corrected chi connectivity index (χ0v) is 23.3. The molecule has 9 nitrogen and oxygen atoms in total. The number of sulfonamides is 1. The molecule has 0 aliphatic heterocycles. The van der Waals surface area contributed by atoms with Gasteiger partial charge in [-0.15, -0.1) is 0 Å². The van der Waals surface area contributed by atoms with Gasteiger partial charge in [0.2, 0.25) is 21.8 Å². The standard InChI is InChI=1S/C29H35N3O6S/c1-37-19-18-30-29(34)28(25-12-8-5-9-13-25)32(21-24-14-16-26(38-2)17-15-24)27(33)22-31(39(3,35)36)20-23-10-6-4-7-11-23/h4-17,28H,18-22H2,1-3H3,(H,30,34). The quantitative estimate of drug-likeness (QED) is 0.308. The van der Waals surface area contributed by atoms with E-state index in [9.17, 15) is 18.0 Å². The monoisotopic (exact) mass is 553 g/mol. The minimum absolute atomic E-state index is 0.0256. The van der Waals surface area contributed by atoms with Gasteiger partial charge in [0, 0.05) is 26.7 Å². The minimum atomic E-state index is -3.75. The summed E-state index contributed by atoms with van der Waals surface area (Å²) in [6.45, 7) is 0.227. The maximum absolute atomic E-state index is 14.0. The van der Waals surface area contributed by atoms with Crippen LogP contribution >= 0.6 is 0 Å². The second kappa shape index (κ2) is 14.4. The smallest absolute Gasteiger partial charge is 0.247 e. The van der Waals surface area contributed by atoms with Crippen molar-refractivity contribution in [3.8, 4) is 5.75 Å². The van der Waals surface area contributed by atoms with Gasteiger partial charge in [-0.2, -0.15) is 4.31 Å². The largest absolute Gasteiger partial charge is 0.497 e. The first-order valence-corrected chi connectivity index (χ1v) is 14.3. The predicted molar refractivity (Wildman–Crippen MR) is 149 cm³/mol. The topological polar surface area (TPSA) is 105 Å². The van der Waals surface area contributed by atoms with Crippen LogP contribution in [-0.2, 0) is 37.4 Å². The van der Waals surface area contributed by atoms with Crippen molar-refractivity contribution < 1.29 is 27.5 Å². The highest BCUT2D eigenvalue weighted by Gasteiger charge is 2.33. The summed E-state index contributed by atoms with van der Waals surface area (Å²) in [7, 11) is -0.652. The van der Waals surface area contributed by atoms with E-state index in [2.05, 4.69) is 5.32 Å². The molecule has 10 heteroatoms. The number of nitrogens with zero attached hydrogens (tertiary/aromatic N) is 2. The van der Waals surface area contributed by atoms with Gasteiger partial charge in [0.25, 0.3) is 0 Å². The Morgan fingerprint density at radius 3 is 2.00 bits per heavy atom. The van der Waals surface area contributed by atoms with Gasteiger partial charge >= 0.3 is 0 Å². The maximum Gasteiger partial charge on any atom is 0.247 e. The Hall–Kier alpha value is -3.73. The lowest BCUT2D eigenvalue weighted by atomic mass is 10.0. The van der Waals surface area contributed by atoms with E-state index in [0.29, 0.717) is 17.9 Å². The summed E-state index contributed by atoms with van der Waals surface area (Å²) in [5.74, 6) is -0.253. The number of benzene rings is 3. The Balaban J connectivity index is 2.00. The van der Waals surface area contributed by atoms with Gasteiger partial charge in [0.05, 0.1) is 26.5 Å². The molecule has 1 N–H and O–H groups in total. The molecule has 1 unspecified atom stereocenters. The van der Waals surface area contributed by atoms with Crippen molar-refractivity contribution in [1.29, 1.82) is 0 Å². The summed E-state index contributed by atoms with van der Waals surface area (Å²) in [5, 5.41) is 2.84. The van der Waals surface area contributed by atoms with E-state index >= 15 is 0 Å². The van der Waals surface area contributed by atoms with Crippen molar-refractivity contribution in [3.63, 3.8) is 0 Å². The molecule has 0 fully saturated rings. The van der Waals surface area contributed by atoms with Crippen molar-refractivity contribution in [2.75, 3.05) is 40.2 Å². The molecular formula is C29H35N3O6S. The first kappa shape index (κ1) is 29.8. The molecule has 3 rings (SSSR count). The maximum atomic E-state index is 14.0. The fourth-order valence-electron chi connectivity index (χ4n) is 4.05. The lowest BCUT2D eigenvalue weighted by Crippen LogP contribution is -2.48. The average molecular weight is 554 g/mol. The van der Waals surface area contributed by atoms with Crippen LogP contribution in [0, 0.1) is 0 Å². The number of carbonyl (C=O) groups is 2. The number of hydrogen-bond acceptors (Lipinski definition) is 6. The molecule has 0 heterocycles. The lowest BCUT2D eigenvalue weighted by molar-refractivity contribution is -0.141. The number of methoxy groups -OCH3 is 2. The van der Waals surface area contributed by atoms with Crippen LogP contribution in [0.4, 0.5) is 0 Å². The number of rotatable bonds is 14. The fraction of sp³-hybridized carbons (Fsp3) is 0.310. The molecule has 0 saturated heterocycles. The first-order chi connectivity index (χ1) is 18.7. The van der Waals surface area contributed by atoms with Crippen LogP contribution in [0.15, 0.2) is 84.9 Å². The third-order valence-electron chi connectivity index (χ3n) is 6.10. The number of amides is 2. The fourth-order valence-corrected chi connectivity index (χ4v) is 4.78. The van der Waals surface area contributed by atoms with Crippen LogP contribution in [0.2, 0.25) is 0 Å². The second-order valence-electron chi connectivity index (χ2n) is 8.98. The van der Waals surface area contributed by atoms with Crippen molar-refractivity contribution >= 4 is 21.8 Å². The Morgan fingerprint density at radius 1 is 0.846 bits per heavy atom. The van der Waals surface area contributed by atoms with Crippen molar-refractivity contribution in [3.05, 3.63) is 102 Å². The van der Waals surface area contributed by atoms with E-state index in [1.54, 1.807) is 55.6 Å². The number of nitrogens with one attached hydrogen (secondary N) is 1. The summed E-state index contributed by atoms with van der Waals surface area (Å²) in [5.41, 5.74) is 2.10. The third kappa shape index (κ3) is 8.91. The Labute approximate surface area is 230 Å². The second-order valence-corrected chi connectivity index (χ2v) is 11.0. The molecule has 3 aromatic carbocycles. The first-order valence-electron chi connectivity index (χ1n) is 12.5. The van der Waals surface area contributed by atoms with Crippen LogP contribution in [0.1, 0.15) is 22.7 Å². The zero-order chi connectivity index (χ0) is 28.3. The van der Waals surface area contributed by atoms with E-state index in [1.807, 2.05) is 36.4 Å². The summed E-state index contributed by atoms with van der Waals surface area (Å²) in [6, 6.07) is 24.2. The van der Waals surface area contributed by atoms with Crippen LogP contribution < -0.4 is 10.1 Å². The van der Waals surface area contributed by atoms with Crippen LogP contribution in [-0.4, -0.2) is 69.6 Å². The molecule has 0 aromatic heterocycles. The van der Waals surface area contributed by atoms with Gasteiger partial charge in [-0.05, 0) is 28.8 Å². The van der Waals surface area contributed by atoms with Crippen molar-refractivity contribution in [2.24, 2.45) is 0 Å². The highest BCUT2D eigenvalue weighted by atomic mass is 32.2. The highest BCUT2D eigenvalue weighted by Crippen LogP contribution is 2.25. The molecule has 0 saturated carbocycles. The molecule has 1 atom stereocenters. The third-order valence-corrected chi connectivity index (χ3v) is 7.29. The van der Waals surface area contributed by atoms with Gasteiger partial charge in [0.1, 0.15) is 11.8 Å². The molecule has 0 aliphatic rings. The van der Waals surface area contributed by atoms with Gasteiger partial charge in [-0.1, -0.05) is 72.8 Å². The molecule has 0 radical (unpaired) electrons. The molecule has 39 heavy (non-hydrogen) atoms. The van der Waals surface area contributed by atoms with E-state index in [0.717, 1.165) is 21.7 Å². The Kier molecular flexibility index (Phi) is 11.0. The summed E-state index contributed by atoms with van der Waals surface area (Å²) in [4.78, 5) is 28.9. The lowest BCUT2D eigenvalue weighted by Gasteiger charge is -2.33. The molecule has 0 bridgehead atoms. The van der Waals surface area contributed by atoms with Crippen LogP contribution in [0.5, 0.6) is 5.75 Å². The van der Waals surface area contributed by atoms with Gasteiger partial charge in [-0.25, -0.2) is 8.42 Å². The SMILES string of the molecule is COCCNC(=O)C(c1ccccc1)N(Cc1ccc(OC)cc1)C(=O)CN(Cc1ccccc1)S(C)(=O)=O. The van der Waals surface area contributed by atoms with Gasteiger partial charge < -0.3 is 19.7 Å². The average Bonchev–Trinajstić information content (AvgIpc) is 2.93. The summed E-state index contributed by atoms with van der Waals surface area (Å²) < 4.78 is 36.9. The Morgan fingerprint density at radius 2 is 1.44 bits per heavy atom. The normalized spacial score (nSPS) is 12.1. The van der Waals surface area contributed by atoms with Crippen LogP contribution in [0.25, 0.3) is 0 Å². The molecular weight excluding hydrogens is 518 g/mol. The summed E-state index contributed by atoms with van der Waals surface area (Å²) >= 11 is 0. The summed E-state index contributed by atoms with van der Waals surface area (Å²) in [6.07, 6.45) is 1.07. The van der Waals surface area contributed by atoms with E-state index < -0.39 is 34.4 Å². The molecule has 0 spiro atoms. The highest BCUT2D eigenvalue weighted by molar-refractivity contribution is 7.88. The minimum Gasteiger partial charge on any atom is -0.497 e. The number of hydrogen-bond donors (Lipinski definition) is 1. The van der Waals surface area contributed by atoms with Crippen LogP contribution in [0.3, 0.4) is 0 Å². The number of carbonyl (C=O) groups excluding carboxylic acids is 2. The molecule has 0 aliphatic carbocycles. The molecule has 3 aromatic rings.